The van der Waals surface area contributed by atoms with Crippen LogP contribution in [0.4, 0.5) is 0 Å². The van der Waals surface area contributed by atoms with Crippen molar-refractivity contribution in [3.05, 3.63) is 52.0 Å². The molecule has 1 saturated heterocycles. The first-order valence-electron chi connectivity index (χ1n) is 8.27. The van der Waals surface area contributed by atoms with Crippen LogP contribution < -0.4 is 5.32 Å². The molecule has 3 rings (SSSR count). The average Bonchev–Trinajstić information content (AvgIpc) is 3.09. The number of thiazole rings is 1. The maximum absolute atomic E-state index is 12.4. The summed E-state index contributed by atoms with van der Waals surface area (Å²) in [5.41, 5.74) is 1.96. The van der Waals surface area contributed by atoms with E-state index >= 15 is 0 Å². The highest BCUT2D eigenvalue weighted by atomic mass is 32.1. The molecule has 5 heteroatoms. The molecule has 1 amide bonds. The molecule has 0 aliphatic carbocycles. The summed E-state index contributed by atoms with van der Waals surface area (Å²) >= 11 is 1.73. The fourth-order valence-corrected chi connectivity index (χ4v) is 3.70. The van der Waals surface area contributed by atoms with Gasteiger partial charge in [0.05, 0.1) is 5.69 Å². The molecule has 0 bridgehead atoms. The van der Waals surface area contributed by atoms with E-state index in [4.69, 9.17) is 0 Å². The number of aryl methyl sites for hydroxylation is 1. The lowest BCUT2D eigenvalue weighted by molar-refractivity contribution is 0.0704. The number of hydrogen-bond acceptors (Lipinski definition) is 4. The van der Waals surface area contributed by atoms with Gasteiger partial charge in [0.1, 0.15) is 5.01 Å². The summed E-state index contributed by atoms with van der Waals surface area (Å²) in [4.78, 5) is 19.0. The Morgan fingerprint density at radius 2 is 2.04 bits per heavy atom. The van der Waals surface area contributed by atoms with Crippen molar-refractivity contribution >= 4 is 17.2 Å². The zero-order valence-corrected chi connectivity index (χ0v) is 14.3. The van der Waals surface area contributed by atoms with Gasteiger partial charge in [-0.3, -0.25) is 4.79 Å². The van der Waals surface area contributed by atoms with Gasteiger partial charge in [0, 0.05) is 36.6 Å². The third kappa shape index (κ3) is 4.18. The lowest BCUT2D eigenvalue weighted by Gasteiger charge is -2.32. The van der Waals surface area contributed by atoms with Crippen LogP contribution in [0.2, 0.25) is 0 Å². The zero-order valence-electron chi connectivity index (χ0n) is 13.5. The number of likely N-dealkylation sites (tertiary alicyclic amines) is 1. The highest BCUT2D eigenvalue weighted by Gasteiger charge is 2.23. The van der Waals surface area contributed by atoms with E-state index in [1.165, 1.54) is 5.69 Å². The quantitative estimate of drug-likeness (QED) is 0.917. The fraction of sp³-hybridized carbons (Fsp3) is 0.444. The Hall–Kier alpha value is -1.72. The van der Waals surface area contributed by atoms with Gasteiger partial charge in [0.15, 0.2) is 0 Å². The molecule has 4 nitrogen and oxygen atoms in total. The van der Waals surface area contributed by atoms with Gasteiger partial charge < -0.3 is 10.2 Å². The number of hydrogen-bond donors (Lipinski definition) is 1. The second-order valence-corrected chi connectivity index (χ2v) is 6.84. The molecule has 1 aromatic heterocycles. The summed E-state index contributed by atoms with van der Waals surface area (Å²) in [6.45, 7) is 4.61. The number of carbonyl (C=O) groups is 1. The first kappa shape index (κ1) is 16.1. The Morgan fingerprint density at radius 1 is 1.30 bits per heavy atom. The van der Waals surface area contributed by atoms with Gasteiger partial charge >= 0.3 is 0 Å². The van der Waals surface area contributed by atoms with E-state index in [-0.39, 0.29) is 5.91 Å². The SMILES string of the molecule is CCc1csc(CNC2CCN(C(=O)c3ccccc3)CC2)n1. The predicted molar refractivity (Wildman–Crippen MR) is 93.7 cm³/mol. The van der Waals surface area contributed by atoms with E-state index in [0.29, 0.717) is 6.04 Å². The third-order valence-electron chi connectivity index (χ3n) is 4.31. The Balaban J connectivity index is 1.46. The predicted octanol–water partition coefficient (Wildman–Crippen LogP) is 3.10. The van der Waals surface area contributed by atoms with E-state index in [0.717, 1.165) is 49.5 Å². The van der Waals surface area contributed by atoms with Crippen molar-refractivity contribution in [1.82, 2.24) is 15.2 Å². The number of benzene rings is 1. The van der Waals surface area contributed by atoms with Crippen LogP contribution in [0.25, 0.3) is 0 Å². The van der Waals surface area contributed by atoms with Gasteiger partial charge in [-0.2, -0.15) is 0 Å². The number of nitrogens with one attached hydrogen (secondary N) is 1. The molecule has 1 aliphatic rings. The van der Waals surface area contributed by atoms with Crippen molar-refractivity contribution in [2.45, 2.75) is 38.8 Å². The van der Waals surface area contributed by atoms with Crippen LogP contribution in [0.1, 0.15) is 40.8 Å². The second-order valence-electron chi connectivity index (χ2n) is 5.90. The van der Waals surface area contributed by atoms with Gasteiger partial charge in [-0.05, 0) is 31.4 Å². The standard InChI is InChI=1S/C18H23N3OS/c1-2-15-13-23-17(20-15)12-19-16-8-10-21(11-9-16)18(22)14-6-4-3-5-7-14/h3-7,13,16,19H,2,8-12H2,1H3. The molecule has 2 heterocycles. The Morgan fingerprint density at radius 3 is 2.70 bits per heavy atom. The molecular formula is C18H23N3OS. The Labute approximate surface area is 141 Å². The summed E-state index contributed by atoms with van der Waals surface area (Å²) in [5, 5.41) is 6.88. The molecule has 0 atom stereocenters. The molecule has 2 aromatic rings. The molecule has 1 N–H and O–H groups in total. The average molecular weight is 329 g/mol. The van der Waals surface area contributed by atoms with Crippen molar-refractivity contribution in [2.75, 3.05) is 13.1 Å². The van der Waals surface area contributed by atoms with Crippen LogP contribution in [0.15, 0.2) is 35.7 Å². The second kappa shape index (κ2) is 7.70. The minimum Gasteiger partial charge on any atom is -0.339 e. The number of nitrogens with zero attached hydrogens (tertiary/aromatic N) is 2. The van der Waals surface area contributed by atoms with Crippen molar-refractivity contribution < 1.29 is 4.79 Å². The smallest absolute Gasteiger partial charge is 0.253 e. The lowest BCUT2D eigenvalue weighted by atomic mass is 10.0. The highest BCUT2D eigenvalue weighted by Crippen LogP contribution is 2.15. The summed E-state index contributed by atoms with van der Waals surface area (Å²) in [7, 11) is 0. The molecule has 0 unspecified atom stereocenters. The van der Waals surface area contributed by atoms with Crippen LogP contribution in [-0.4, -0.2) is 34.9 Å². The molecule has 1 fully saturated rings. The van der Waals surface area contributed by atoms with E-state index < -0.39 is 0 Å². The van der Waals surface area contributed by atoms with Gasteiger partial charge in [-0.15, -0.1) is 11.3 Å². The van der Waals surface area contributed by atoms with Crippen molar-refractivity contribution in [1.29, 1.82) is 0 Å². The van der Waals surface area contributed by atoms with Gasteiger partial charge in [0.25, 0.3) is 5.91 Å². The third-order valence-corrected chi connectivity index (χ3v) is 5.20. The van der Waals surface area contributed by atoms with Crippen molar-refractivity contribution in [3.8, 4) is 0 Å². The monoisotopic (exact) mass is 329 g/mol. The first-order chi connectivity index (χ1) is 11.3. The van der Waals surface area contributed by atoms with E-state index in [9.17, 15) is 4.79 Å². The number of piperidine rings is 1. The summed E-state index contributed by atoms with van der Waals surface area (Å²) < 4.78 is 0. The zero-order chi connectivity index (χ0) is 16.1. The number of rotatable bonds is 5. The molecule has 0 spiro atoms. The maximum atomic E-state index is 12.4. The molecular weight excluding hydrogens is 306 g/mol. The normalized spacial score (nSPS) is 15.8. The summed E-state index contributed by atoms with van der Waals surface area (Å²) in [6, 6.07) is 10.0. The Bertz CT molecular complexity index is 633. The van der Waals surface area contributed by atoms with Crippen LogP contribution >= 0.6 is 11.3 Å². The number of amides is 1. The van der Waals surface area contributed by atoms with Gasteiger partial charge in [-0.25, -0.2) is 4.98 Å². The summed E-state index contributed by atoms with van der Waals surface area (Å²) in [5.74, 6) is 0.150. The highest BCUT2D eigenvalue weighted by molar-refractivity contribution is 7.09. The van der Waals surface area contributed by atoms with E-state index in [2.05, 4.69) is 22.6 Å². The topological polar surface area (TPSA) is 45.2 Å². The number of aromatic nitrogens is 1. The van der Waals surface area contributed by atoms with E-state index in [1.807, 2.05) is 35.2 Å². The van der Waals surface area contributed by atoms with Crippen molar-refractivity contribution in [3.63, 3.8) is 0 Å². The minimum atomic E-state index is 0.150. The molecule has 122 valence electrons. The fourth-order valence-electron chi connectivity index (χ4n) is 2.87. The molecule has 0 saturated carbocycles. The first-order valence-corrected chi connectivity index (χ1v) is 9.15. The molecule has 0 radical (unpaired) electrons. The maximum Gasteiger partial charge on any atom is 0.253 e. The lowest BCUT2D eigenvalue weighted by Crippen LogP contribution is -2.44. The molecule has 23 heavy (non-hydrogen) atoms. The molecule has 1 aromatic carbocycles. The minimum absolute atomic E-state index is 0.150. The summed E-state index contributed by atoms with van der Waals surface area (Å²) in [6.07, 6.45) is 3.01. The Kier molecular flexibility index (Phi) is 5.41. The van der Waals surface area contributed by atoms with E-state index in [1.54, 1.807) is 11.3 Å². The van der Waals surface area contributed by atoms with Crippen LogP contribution in [0.3, 0.4) is 0 Å². The van der Waals surface area contributed by atoms with Gasteiger partial charge in [0.2, 0.25) is 0 Å². The molecule has 1 aliphatic heterocycles. The van der Waals surface area contributed by atoms with Gasteiger partial charge in [-0.1, -0.05) is 25.1 Å². The number of carbonyl (C=O) groups excluding carboxylic acids is 1. The largest absolute Gasteiger partial charge is 0.339 e. The van der Waals surface area contributed by atoms with Crippen molar-refractivity contribution in [2.24, 2.45) is 0 Å². The van der Waals surface area contributed by atoms with Crippen LogP contribution in [-0.2, 0) is 13.0 Å². The van der Waals surface area contributed by atoms with Crippen LogP contribution in [0.5, 0.6) is 0 Å². The van der Waals surface area contributed by atoms with Crippen LogP contribution in [0, 0.1) is 0 Å².